The molecule has 2 rings (SSSR count). The minimum atomic E-state index is 0.366. The van der Waals surface area contributed by atoms with Gasteiger partial charge in [0.15, 0.2) is 0 Å². The van der Waals surface area contributed by atoms with Gasteiger partial charge in [-0.1, -0.05) is 27.7 Å². The summed E-state index contributed by atoms with van der Waals surface area (Å²) in [5.74, 6) is 0. The Labute approximate surface area is 102 Å². The zero-order chi connectivity index (χ0) is 12.2. The predicted octanol–water partition coefficient (Wildman–Crippen LogP) is 2.70. The van der Waals surface area contributed by atoms with Gasteiger partial charge in [0.05, 0.1) is 0 Å². The molecule has 1 N–H and O–H groups in total. The van der Waals surface area contributed by atoms with Crippen molar-refractivity contribution < 1.29 is 0 Å². The molecule has 4 atom stereocenters. The van der Waals surface area contributed by atoms with Crippen molar-refractivity contribution in [3.8, 4) is 0 Å². The van der Waals surface area contributed by atoms with Crippen LogP contribution < -0.4 is 5.43 Å². The Morgan fingerprint density at radius 2 is 1.81 bits per heavy atom. The topological polar surface area (TPSA) is 15.0 Å². The molecule has 0 saturated carbocycles. The maximum atomic E-state index is 3.63. The second-order valence-electron chi connectivity index (χ2n) is 7.07. The summed E-state index contributed by atoms with van der Waals surface area (Å²) in [6.45, 7) is 16.9. The fraction of sp³-hybridized carbons (Fsp3) is 1.00. The molecule has 4 unspecified atom stereocenters. The second kappa shape index (κ2) is 3.67. The van der Waals surface area contributed by atoms with Crippen LogP contribution in [-0.4, -0.2) is 36.0 Å². The van der Waals surface area contributed by atoms with Gasteiger partial charge in [0, 0.05) is 18.6 Å². The number of nitrogens with one attached hydrogen (secondary N) is 1. The largest absolute Gasteiger partial charge is 0.254 e. The molecular weight excluding hydrogens is 215 g/mol. The van der Waals surface area contributed by atoms with Crippen LogP contribution in [0.25, 0.3) is 0 Å². The first-order valence-corrected chi connectivity index (χ1v) is 7.99. The van der Waals surface area contributed by atoms with E-state index in [-0.39, 0.29) is 0 Å². The van der Waals surface area contributed by atoms with Crippen molar-refractivity contribution in [3.63, 3.8) is 0 Å². The Morgan fingerprint density at radius 1 is 1.19 bits per heavy atom. The van der Waals surface area contributed by atoms with Crippen LogP contribution >= 0.6 is 8.58 Å². The fourth-order valence-electron chi connectivity index (χ4n) is 2.88. The van der Waals surface area contributed by atoms with Gasteiger partial charge >= 0.3 is 0 Å². The first-order valence-electron chi connectivity index (χ1n) is 6.41. The maximum Gasteiger partial charge on any atom is 0.0474 e. The number of hydrogen-bond donors (Lipinski definition) is 1. The quantitative estimate of drug-likeness (QED) is 0.562. The lowest BCUT2D eigenvalue weighted by molar-refractivity contribution is 0.0598. The average Bonchev–Trinajstić information content (AvgIpc) is 2.82. The molecule has 16 heavy (non-hydrogen) atoms. The Morgan fingerprint density at radius 3 is 2.38 bits per heavy atom. The second-order valence-corrected chi connectivity index (χ2v) is 8.34. The van der Waals surface area contributed by atoms with Gasteiger partial charge in [-0.05, 0) is 36.5 Å². The molecule has 2 nitrogen and oxygen atoms in total. The highest BCUT2D eigenvalue weighted by Gasteiger charge is 2.55. The summed E-state index contributed by atoms with van der Waals surface area (Å²) in [6, 6.07) is 0. The molecule has 2 heterocycles. The summed E-state index contributed by atoms with van der Waals surface area (Å²) >= 11 is 0. The minimum absolute atomic E-state index is 0.366. The first kappa shape index (κ1) is 12.8. The number of nitrogens with zero attached hydrogens (tertiary/aromatic N) is 1. The molecule has 0 aromatic heterocycles. The number of rotatable bonds is 1. The minimum Gasteiger partial charge on any atom is -0.254 e. The van der Waals surface area contributed by atoms with Gasteiger partial charge in [-0.3, -0.25) is 5.43 Å². The predicted molar refractivity (Wildman–Crippen MR) is 73.3 cm³/mol. The van der Waals surface area contributed by atoms with Crippen LogP contribution in [0.1, 0.15) is 41.0 Å². The number of fused-ring (bicyclic) bond motifs is 1. The van der Waals surface area contributed by atoms with Crippen molar-refractivity contribution in [2.75, 3.05) is 19.8 Å². The summed E-state index contributed by atoms with van der Waals surface area (Å²) in [5, 5.41) is 2.44. The van der Waals surface area contributed by atoms with Crippen LogP contribution in [0.2, 0.25) is 0 Å². The average molecular weight is 242 g/mol. The lowest BCUT2D eigenvalue weighted by atomic mass is 9.64. The third-order valence-corrected chi connectivity index (χ3v) is 6.99. The maximum absolute atomic E-state index is 3.63. The van der Waals surface area contributed by atoms with Crippen LogP contribution in [0, 0.1) is 10.8 Å². The molecule has 2 saturated heterocycles. The lowest BCUT2D eigenvalue weighted by Crippen LogP contribution is -2.51. The van der Waals surface area contributed by atoms with Crippen LogP contribution in [0.5, 0.6) is 0 Å². The van der Waals surface area contributed by atoms with E-state index in [9.17, 15) is 0 Å². The molecule has 0 aromatic carbocycles. The standard InChI is InChI=1S/C13H27N2P/c1-11(2)8-14-15-9-13(15,5)7-10(16-6)12(11,3)4/h10,14,16H,7-9H2,1-6H3. The molecule has 0 amide bonds. The SMILES string of the molecule is CPC1CC2(C)CN2NCC(C)(C)C1(C)C. The number of hydrazine groups is 1. The van der Waals surface area contributed by atoms with E-state index in [0.717, 1.165) is 20.8 Å². The monoisotopic (exact) mass is 242 g/mol. The zero-order valence-corrected chi connectivity index (χ0v) is 12.6. The molecule has 0 bridgehead atoms. The molecule has 2 fully saturated rings. The molecule has 2 aliphatic rings. The summed E-state index contributed by atoms with van der Waals surface area (Å²) in [5.41, 5.74) is 5.72. The third kappa shape index (κ3) is 1.83. The molecule has 2 aliphatic heterocycles. The van der Waals surface area contributed by atoms with Gasteiger partial charge < -0.3 is 0 Å². The lowest BCUT2D eigenvalue weighted by Gasteiger charge is -2.49. The van der Waals surface area contributed by atoms with Crippen molar-refractivity contribution >= 4 is 8.58 Å². The van der Waals surface area contributed by atoms with E-state index in [1.165, 1.54) is 13.0 Å². The third-order valence-electron chi connectivity index (χ3n) is 5.37. The van der Waals surface area contributed by atoms with E-state index in [2.05, 4.69) is 51.7 Å². The van der Waals surface area contributed by atoms with E-state index in [0.29, 0.717) is 16.4 Å². The molecule has 3 heteroatoms. The van der Waals surface area contributed by atoms with Crippen molar-refractivity contribution in [3.05, 3.63) is 0 Å². The molecule has 0 aromatic rings. The summed E-state index contributed by atoms with van der Waals surface area (Å²) in [7, 11) is 1.06. The Kier molecular flexibility index (Phi) is 2.94. The summed E-state index contributed by atoms with van der Waals surface area (Å²) in [4.78, 5) is 0. The first-order chi connectivity index (χ1) is 7.23. The van der Waals surface area contributed by atoms with Crippen molar-refractivity contribution in [1.82, 2.24) is 10.4 Å². The van der Waals surface area contributed by atoms with Gasteiger partial charge in [0.2, 0.25) is 0 Å². The van der Waals surface area contributed by atoms with Crippen LogP contribution in [0.15, 0.2) is 0 Å². The van der Waals surface area contributed by atoms with Gasteiger partial charge in [-0.2, -0.15) is 0 Å². The molecule has 94 valence electrons. The highest BCUT2D eigenvalue weighted by atomic mass is 31.1. The van der Waals surface area contributed by atoms with Crippen molar-refractivity contribution in [1.29, 1.82) is 0 Å². The van der Waals surface area contributed by atoms with Gasteiger partial charge in [0.25, 0.3) is 0 Å². The van der Waals surface area contributed by atoms with Crippen LogP contribution in [-0.2, 0) is 0 Å². The van der Waals surface area contributed by atoms with E-state index in [1.54, 1.807) is 0 Å². The highest BCUT2D eigenvalue weighted by molar-refractivity contribution is 7.38. The van der Waals surface area contributed by atoms with E-state index >= 15 is 0 Å². The zero-order valence-electron chi connectivity index (χ0n) is 11.6. The number of hydrogen-bond acceptors (Lipinski definition) is 2. The molecular formula is C13H27N2P. The van der Waals surface area contributed by atoms with Crippen LogP contribution in [0.3, 0.4) is 0 Å². The van der Waals surface area contributed by atoms with Gasteiger partial charge in [-0.25, -0.2) is 5.01 Å². The normalized spacial score (nSPS) is 46.1. The summed E-state index contributed by atoms with van der Waals surface area (Å²) < 4.78 is 0. The van der Waals surface area contributed by atoms with Gasteiger partial charge in [0.1, 0.15) is 0 Å². The molecule has 0 aliphatic carbocycles. The Bertz CT molecular complexity index is 288. The molecule has 0 radical (unpaired) electrons. The fourth-order valence-corrected chi connectivity index (χ4v) is 4.63. The van der Waals surface area contributed by atoms with Crippen LogP contribution in [0.4, 0.5) is 0 Å². The van der Waals surface area contributed by atoms with E-state index < -0.39 is 0 Å². The Balaban J connectivity index is 2.26. The van der Waals surface area contributed by atoms with Gasteiger partial charge in [-0.15, -0.1) is 8.58 Å². The smallest absolute Gasteiger partial charge is 0.0474 e. The Hall–Kier alpha value is 0.350. The van der Waals surface area contributed by atoms with Crippen molar-refractivity contribution in [2.24, 2.45) is 10.8 Å². The summed E-state index contributed by atoms with van der Waals surface area (Å²) in [6.07, 6.45) is 1.35. The van der Waals surface area contributed by atoms with E-state index in [1.807, 2.05) is 0 Å². The van der Waals surface area contributed by atoms with Crippen molar-refractivity contribution in [2.45, 2.75) is 52.2 Å². The molecule has 0 spiro atoms. The highest BCUT2D eigenvalue weighted by Crippen LogP contribution is 2.53. The van der Waals surface area contributed by atoms with E-state index in [4.69, 9.17) is 0 Å².